The van der Waals surface area contributed by atoms with Gasteiger partial charge in [-0.2, -0.15) is 5.10 Å². The standard InChI is InChI=1S/C23H23ClFN5O2/c24-21-4-2-1-3-17(21)14-30-15-18(13-26-30)23(32)29-11-9-28(10-12-29)16-22(31)27-20-7-5-19(25)6-8-20/h1-8,13,15H,9-12,14,16H2,(H,27,31). The average Bonchev–Trinajstić information content (AvgIpc) is 3.25. The van der Waals surface area contributed by atoms with Crippen molar-refractivity contribution in [2.75, 3.05) is 38.0 Å². The number of carbonyl (C=O) groups excluding carboxylic acids is 2. The second-order valence-electron chi connectivity index (χ2n) is 7.64. The average molecular weight is 456 g/mol. The predicted octanol–water partition coefficient (Wildman–Crippen LogP) is 3.12. The third-order valence-corrected chi connectivity index (χ3v) is 5.69. The maximum atomic E-state index is 13.0. The van der Waals surface area contributed by atoms with Crippen molar-refractivity contribution in [2.45, 2.75) is 6.54 Å². The number of anilines is 1. The summed E-state index contributed by atoms with van der Waals surface area (Å²) in [6, 6.07) is 13.2. The molecule has 0 radical (unpaired) electrons. The lowest BCUT2D eigenvalue weighted by molar-refractivity contribution is -0.117. The van der Waals surface area contributed by atoms with Gasteiger partial charge in [0, 0.05) is 43.1 Å². The van der Waals surface area contributed by atoms with Crippen LogP contribution in [0.25, 0.3) is 0 Å². The Morgan fingerprint density at radius 2 is 1.75 bits per heavy atom. The molecule has 9 heteroatoms. The van der Waals surface area contributed by atoms with Gasteiger partial charge in [-0.05, 0) is 35.9 Å². The van der Waals surface area contributed by atoms with E-state index in [2.05, 4.69) is 10.4 Å². The Kier molecular flexibility index (Phi) is 6.82. The molecule has 1 N–H and O–H groups in total. The van der Waals surface area contributed by atoms with Crippen LogP contribution in [-0.4, -0.2) is 64.1 Å². The largest absolute Gasteiger partial charge is 0.336 e. The molecule has 0 saturated carbocycles. The zero-order valence-corrected chi connectivity index (χ0v) is 18.1. The van der Waals surface area contributed by atoms with E-state index in [0.29, 0.717) is 49.0 Å². The van der Waals surface area contributed by atoms with Gasteiger partial charge in [-0.15, -0.1) is 0 Å². The zero-order chi connectivity index (χ0) is 22.5. The number of amides is 2. The molecule has 1 aliphatic heterocycles. The van der Waals surface area contributed by atoms with Crippen LogP contribution in [0, 0.1) is 5.82 Å². The maximum absolute atomic E-state index is 13.0. The first-order valence-corrected chi connectivity index (χ1v) is 10.7. The Morgan fingerprint density at radius 3 is 2.47 bits per heavy atom. The molecule has 1 aromatic heterocycles. The van der Waals surface area contributed by atoms with Crippen LogP contribution in [0.1, 0.15) is 15.9 Å². The topological polar surface area (TPSA) is 70.5 Å². The first kappa shape index (κ1) is 22.0. The number of nitrogens with zero attached hydrogens (tertiary/aromatic N) is 4. The van der Waals surface area contributed by atoms with Crippen LogP contribution >= 0.6 is 11.6 Å². The summed E-state index contributed by atoms with van der Waals surface area (Å²) >= 11 is 6.20. The number of halogens is 2. The predicted molar refractivity (Wildman–Crippen MR) is 120 cm³/mol. The molecule has 2 aromatic carbocycles. The third kappa shape index (κ3) is 5.52. The molecule has 0 unspecified atom stereocenters. The highest BCUT2D eigenvalue weighted by Gasteiger charge is 2.24. The van der Waals surface area contributed by atoms with Crippen LogP contribution < -0.4 is 5.32 Å². The minimum atomic E-state index is -0.349. The Hall–Kier alpha value is -3.23. The first-order valence-electron chi connectivity index (χ1n) is 10.3. The molecule has 2 heterocycles. The molecule has 0 aliphatic carbocycles. The lowest BCUT2D eigenvalue weighted by atomic mass is 10.2. The number of hydrogen-bond donors (Lipinski definition) is 1. The minimum absolute atomic E-state index is 0.0779. The molecule has 4 rings (SSSR count). The van der Waals surface area contributed by atoms with Gasteiger partial charge in [0.25, 0.3) is 5.91 Å². The number of nitrogens with one attached hydrogen (secondary N) is 1. The van der Waals surface area contributed by atoms with Crippen LogP contribution in [0.15, 0.2) is 60.9 Å². The van der Waals surface area contributed by atoms with E-state index in [-0.39, 0.29) is 24.2 Å². The van der Waals surface area contributed by atoms with Gasteiger partial charge in [0.05, 0.1) is 24.8 Å². The lowest BCUT2D eigenvalue weighted by Gasteiger charge is -2.34. The normalized spacial score (nSPS) is 14.4. The summed E-state index contributed by atoms with van der Waals surface area (Å²) in [7, 11) is 0. The second-order valence-corrected chi connectivity index (χ2v) is 8.05. The quantitative estimate of drug-likeness (QED) is 0.620. The molecule has 0 spiro atoms. The summed E-state index contributed by atoms with van der Waals surface area (Å²) in [6.07, 6.45) is 3.30. The second kappa shape index (κ2) is 9.93. The van der Waals surface area contributed by atoms with Crippen LogP contribution in [0.2, 0.25) is 5.02 Å². The third-order valence-electron chi connectivity index (χ3n) is 5.33. The summed E-state index contributed by atoms with van der Waals surface area (Å²) in [5.74, 6) is -0.596. The summed E-state index contributed by atoms with van der Waals surface area (Å²) in [4.78, 5) is 28.8. The Morgan fingerprint density at radius 1 is 1.03 bits per heavy atom. The van der Waals surface area contributed by atoms with Gasteiger partial charge in [0.2, 0.25) is 5.91 Å². The molecule has 166 valence electrons. The van der Waals surface area contributed by atoms with E-state index in [1.165, 1.54) is 24.3 Å². The Labute approximate surface area is 190 Å². The highest BCUT2D eigenvalue weighted by atomic mass is 35.5. The zero-order valence-electron chi connectivity index (χ0n) is 17.4. The SMILES string of the molecule is O=C(CN1CCN(C(=O)c2cnn(Cc3ccccc3Cl)c2)CC1)Nc1ccc(F)cc1. The minimum Gasteiger partial charge on any atom is -0.336 e. The molecule has 1 aliphatic rings. The maximum Gasteiger partial charge on any atom is 0.257 e. The van der Waals surface area contributed by atoms with Crippen LogP contribution in [-0.2, 0) is 11.3 Å². The van der Waals surface area contributed by atoms with Crippen molar-refractivity contribution in [1.82, 2.24) is 19.6 Å². The molecule has 1 saturated heterocycles. The van der Waals surface area contributed by atoms with Gasteiger partial charge in [0.1, 0.15) is 5.82 Å². The lowest BCUT2D eigenvalue weighted by Crippen LogP contribution is -2.50. The fourth-order valence-electron chi connectivity index (χ4n) is 3.59. The molecule has 0 atom stereocenters. The molecule has 32 heavy (non-hydrogen) atoms. The summed E-state index contributed by atoms with van der Waals surface area (Å²) in [6.45, 7) is 2.95. The molecule has 2 amide bonds. The highest BCUT2D eigenvalue weighted by molar-refractivity contribution is 6.31. The van der Waals surface area contributed by atoms with Crippen LogP contribution in [0.3, 0.4) is 0 Å². The molecule has 3 aromatic rings. The van der Waals surface area contributed by atoms with Crippen LogP contribution in [0.4, 0.5) is 10.1 Å². The van der Waals surface area contributed by atoms with Gasteiger partial charge in [0.15, 0.2) is 0 Å². The molecule has 7 nitrogen and oxygen atoms in total. The number of carbonyl (C=O) groups is 2. The smallest absolute Gasteiger partial charge is 0.257 e. The number of rotatable bonds is 6. The van der Waals surface area contributed by atoms with Gasteiger partial charge in [-0.3, -0.25) is 19.2 Å². The highest BCUT2D eigenvalue weighted by Crippen LogP contribution is 2.17. The van der Waals surface area contributed by atoms with Crippen molar-refractivity contribution < 1.29 is 14.0 Å². The van der Waals surface area contributed by atoms with E-state index >= 15 is 0 Å². The Balaban J connectivity index is 1.26. The molecule has 1 fully saturated rings. The number of benzene rings is 2. The van der Waals surface area contributed by atoms with Crippen molar-refractivity contribution in [1.29, 1.82) is 0 Å². The summed E-state index contributed by atoms with van der Waals surface area (Å²) < 4.78 is 14.7. The summed E-state index contributed by atoms with van der Waals surface area (Å²) in [5, 5.41) is 7.71. The van der Waals surface area contributed by atoms with E-state index in [9.17, 15) is 14.0 Å². The van der Waals surface area contributed by atoms with Crippen molar-refractivity contribution in [3.05, 3.63) is 82.9 Å². The molecule has 0 bridgehead atoms. The van der Waals surface area contributed by atoms with Crippen molar-refractivity contribution in [3.8, 4) is 0 Å². The fraction of sp³-hybridized carbons (Fsp3) is 0.261. The Bertz CT molecular complexity index is 1090. The van der Waals surface area contributed by atoms with Crippen molar-refractivity contribution in [3.63, 3.8) is 0 Å². The van der Waals surface area contributed by atoms with E-state index in [0.717, 1.165) is 5.56 Å². The fourth-order valence-corrected chi connectivity index (χ4v) is 3.79. The van der Waals surface area contributed by atoms with E-state index in [1.54, 1.807) is 22.0 Å². The van der Waals surface area contributed by atoms with Gasteiger partial charge in [-0.1, -0.05) is 29.8 Å². The van der Waals surface area contributed by atoms with E-state index in [4.69, 9.17) is 11.6 Å². The number of aromatic nitrogens is 2. The molecular formula is C23H23ClFN5O2. The van der Waals surface area contributed by atoms with Gasteiger partial charge in [-0.25, -0.2) is 4.39 Å². The summed E-state index contributed by atoms with van der Waals surface area (Å²) in [5.41, 5.74) is 2.02. The van der Waals surface area contributed by atoms with E-state index < -0.39 is 0 Å². The van der Waals surface area contributed by atoms with Crippen LogP contribution in [0.5, 0.6) is 0 Å². The van der Waals surface area contributed by atoms with Crippen molar-refractivity contribution >= 4 is 29.1 Å². The first-order chi connectivity index (χ1) is 15.5. The van der Waals surface area contributed by atoms with Gasteiger partial charge < -0.3 is 10.2 Å². The number of hydrogen-bond acceptors (Lipinski definition) is 4. The van der Waals surface area contributed by atoms with Gasteiger partial charge >= 0.3 is 0 Å². The van der Waals surface area contributed by atoms with Crippen molar-refractivity contribution in [2.24, 2.45) is 0 Å². The van der Waals surface area contributed by atoms with E-state index in [1.807, 2.05) is 29.2 Å². The number of piperazine rings is 1. The monoisotopic (exact) mass is 455 g/mol. The molecular weight excluding hydrogens is 433 g/mol.